The predicted molar refractivity (Wildman–Crippen MR) is 112 cm³/mol. The molecule has 5 nitrogen and oxygen atoms in total. The lowest BCUT2D eigenvalue weighted by Crippen LogP contribution is -2.80. The van der Waals surface area contributed by atoms with E-state index < -0.39 is 0 Å². The van der Waals surface area contributed by atoms with Gasteiger partial charge < -0.3 is 9.64 Å². The van der Waals surface area contributed by atoms with Crippen molar-refractivity contribution >= 4 is 17.5 Å². The molecule has 28 heavy (non-hydrogen) atoms. The number of fused-ring (bicyclic) bond motifs is 2. The molecule has 1 atom stereocenters. The van der Waals surface area contributed by atoms with Gasteiger partial charge in [0.25, 0.3) is 5.91 Å². The first kappa shape index (κ1) is 20.1. The van der Waals surface area contributed by atoms with E-state index in [1.165, 1.54) is 32.2 Å². The van der Waals surface area contributed by atoms with Gasteiger partial charge in [-0.15, -0.1) is 0 Å². The van der Waals surface area contributed by atoms with Gasteiger partial charge in [0.05, 0.1) is 24.8 Å². The zero-order chi connectivity index (χ0) is 19.6. The van der Waals surface area contributed by atoms with Gasteiger partial charge in [0.2, 0.25) is 0 Å². The molecule has 3 saturated heterocycles. The zero-order valence-electron chi connectivity index (χ0n) is 16.9. The summed E-state index contributed by atoms with van der Waals surface area (Å²) in [6.07, 6.45) is 5.21. The van der Waals surface area contributed by atoms with Crippen molar-refractivity contribution in [3.8, 4) is 0 Å². The normalized spacial score (nSPS) is 24.8. The first-order valence-corrected chi connectivity index (χ1v) is 11.1. The summed E-state index contributed by atoms with van der Waals surface area (Å²) in [6, 6.07) is 7.57. The molecule has 1 aromatic carbocycles. The summed E-state index contributed by atoms with van der Waals surface area (Å²) >= 11 is 5.99. The van der Waals surface area contributed by atoms with Crippen LogP contribution in [0.5, 0.6) is 0 Å². The second-order valence-electron chi connectivity index (χ2n) is 8.61. The molecule has 3 heterocycles. The molecule has 3 aliphatic heterocycles. The molecule has 0 saturated carbocycles. The molecule has 4 rings (SSSR count). The Kier molecular flexibility index (Phi) is 6.26. The van der Waals surface area contributed by atoms with E-state index in [-0.39, 0.29) is 11.4 Å². The van der Waals surface area contributed by atoms with Crippen molar-refractivity contribution in [2.45, 2.75) is 44.2 Å². The Morgan fingerprint density at radius 3 is 2.71 bits per heavy atom. The van der Waals surface area contributed by atoms with Crippen molar-refractivity contribution in [1.29, 1.82) is 0 Å². The Morgan fingerprint density at radius 2 is 1.96 bits per heavy atom. The summed E-state index contributed by atoms with van der Waals surface area (Å²) in [5, 5.41) is 0.663. The number of morpholine rings is 1. The monoisotopic (exact) mass is 405 g/mol. The number of likely N-dealkylation sites (tertiary alicyclic amines) is 1. The number of carbonyl (C=O) groups excluding carboxylic acids is 1. The molecule has 0 radical (unpaired) electrons. The van der Waals surface area contributed by atoms with Gasteiger partial charge in [0, 0.05) is 43.3 Å². The van der Waals surface area contributed by atoms with E-state index >= 15 is 0 Å². The largest absolute Gasteiger partial charge is 0.378 e. The second-order valence-corrected chi connectivity index (χ2v) is 9.05. The van der Waals surface area contributed by atoms with Crippen LogP contribution in [0.4, 0.5) is 0 Å². The molecule has 3 fully saturated rings. The van der Waals surface area contributed by atoms with Crippen molar-refractivity contribution in [2.75, 3.05) is 52.5 Å². The Bertz CT molecular complexity index is 675. The van der Waals surface area contributed by atoms with Gasteiger partial charge in [-0.1, -0.05) is 37.8 Å². The van der Waals surface area contributed by atoms with Crippen molar-refractivity contribution in [3.05, 3.63) is 34.9 Å². The Hall–Kier alpha value is -1.14. The van der Waals surface area contributed by atoms with Crippen molar-refractivity contribution in [3.63, 3.8) is 0 Å². The molecular formula is C22H32ClN3O2. The summed E-state index contributed by atoms with van der Waals surface area (Å²) in [7, 11) is 0. The number of halogens is 1. The lowest BCUT2D eigenvalue weighted by Gasteiger charge is -2.63. The van der Waals surface area contributed by atoms with E-state index in [4.69, 9.17) is 16.3 Å². The first-order valence-electron chi connectivity index (χ1n) is 10.7. The van der Waals surface area contributed by atoms with Crippen LogP contribution in [0.2, 0.25) is 5.02 Å². The van der Waals surface area contributed by atoms with Crippen LogP contribution in [0.1, 0.15) is 43.0 Å². The Labute approximate surface area is 173 Å². The topological polar surface area (TPSA) is 36.0 Å². The van der Waals surface area contributed by atoms with Crippen molar-refractivity contribution in [1.82, 2.24) is 14.7 Å². The van der Waals surface area contributed by atoms with E-state index in [0.29, 0.717) is 11.1 Å². The fraction of sp³-hybridized carbons (Fsp3) is 0.682. The molecule has 154 valence electrons. The number of unbranched alkanes of at least 4 members (excludes halogenated alkanes) is 3. The average Bonchev–Trinajstić information content (AvgIpc) is 2.69. The number of ether oxygens (including phenoxy) is 1. The van der Waals surface area contributed by atoms with Crippen LogP contribution >= 0.6 is 11.6 Å². The number of rotatable bonds is 6. The standard InChI is InChI=1S/C22H32ClN3O2/c1-2-3-4-5-10-24-15-22(16-24)17-25(13-20-14-28-12-11-26(20)22)21(27)18-6-8-19(23)9-7-18/h6-9,20H,2-5,10-17H2,1H3/t20-/m1/s1. The maximum Gasteiger partial charge on any atom is 0.253 e. The van der Waals surface area contributed by atoms with Crippen LogP contribution in [-0.4, -0.2) is 84.7 Å². The molecule has 0 bridgehead atoms. The van der Waals surface area contributed by atoms with E-state index in [0.717, 1.165) is 51.5 Å². The summed E-state index contributed by atoms with van der Waals surface area (Å²) < 4.78 is 5.76. The fourth-order valence-electron chi connectivity index (χ4n) is 5.11. The Morgan fingerprint density at radius 1 is 1.18 bits per heavy atom. The lowest BCUT2D eigenvalue weighted by molar-refractivity contribution is -0.158. The van der Waals surface area contributed by atoms with Crippen LogP contribution in [0.3, 0.4) is 0 Å². The van der Waals surface area contributed by atoms with Crippen LogP contribution in [0.15, 0.2) is 24.3 Å². The highest BCUT2D eigenvalue weighted by Crippen LogP contribution is 2.36. The SMILES string of the molecule is CCCCCCN1CC2(C1)CN(C(=O)c1ccc(Cl)cc1)C[C@@H]1COCCN12. The highest BCUT2D eigenvalue weighted by molar-refractivity contribution is 6.30. The van der Waals surface area contributed by atoms with Crippen molar-refractivity contribution in [2.24, 2.45) is 0 Å². The summed E-state index contributed by atoms with van der Waals surface area (Å²) in [5.74, 6) is 0.114. The highest BCUT2D eigenvalue weighted by Gasteiger charge is 2.54. The fourth-order valence-corrected chi connectivity index (χ4v) is 5.24. The highest BCUT2D eigenvalue weighted by atomic mass is 35.5. The van der Waals surface area contributed by atoms with Gasteiger partial charge in [-0.05, 0) is 37.2 Å². The van der Waals surface area contributed by atoms with Crippen LogP contribution in [-0.2, 0) is 4.74 Å². The minimum Gasteiger partial charge on any atom is -0.378 e. The van der Waals surface area contributed by atoms with Gasteiger partial charge in [-0.3, -0.25) is 14.6 Å². The second kappa shape index (κ2) is 8.70. The molecule has 0 unspecified atom stereocenters. The summed E-state index contributed by atoms with van der Waals surface area (Å²) in [6.45, 7) is 9.66. The maximum atomic E-state index is 13.1. The van der Waals surface area contributed by atoms with Gasteiger partial charge in [0.1, 0.15) is 0 Å². The minimum absolute atomic E-state index is 0.0968. The van der Waals surface area contributed by atoms with E-state index in [1.54, 1.807) is 12.1 Å². The summed E-state index contributed by atoms with van der Waals surface area (Å²) in [5.41, 5.74) is 0.819. The molecule has 6 heteroatoms. The molecule has 0 N–H and O–H groups in total. The number of carbonyl (C=O) groups is 1. The van der Waals surface area contributed by atoms with Crippen molar-refractivity contribution < 1.29 is 9.53 Å². The predicted octanol–water partition coefficient (Wildman–Crippen LogP) is 3.13. The van der Waals surface area contributed by atoms with E-state index in [1.807, 2.05) is 17.0 Å². The van der Waals surface area contributed by atoms with Gasteiger partial charge in [-0.2, -0.15) is 0 Å². The van der Waals surface area contributed by atoms with Gasteiger partial charge in [0.15, 0.2) is 0 Å². The van der Waals surface area contributed by atoms with E-state index in [2.05, 4.69) is 16.7 Å². The van der Waals surface area contributed by atoms with Crippen LogP contribution < -0.4 is 0 Å². The number of piperazine rings is 1. The van der Waals surface area contributed by atoms with Crippen LogP contribution in [0.25, 0.3) is 0 Å². The third-order valence-corrected chi connectivity index (χ3v) is 6.75. The van der Waals surface area contributed by atoms with Crippen LogP contribution in [0, 0.1) is 0 Å². The number of hydrogen-bond donors (Lipinski definition) is 0. The molecule has 0 aromatic heterocycles. The zero-order valence-corrected chi connectivity index (χ0v) is 17.7. The first-order chi connectivity index (χ1) is 13.6. The van der Waals surface area contributed by atoms with Gasteiger partial charge >= 0.3 is 0 Å². The third-order valence-electron chi connectivity index (χ3n) is 6.50. The number of nitrogens with zero attached hydrogens (tertiary/aromatic N) is 3. The molecule has 1 amide bonds. The Balaban J connectivity index is 1.43. The molecule has 1 aromatic rings. The average molecular weight is 406 g/mol. The van der Waals surface area contributed by atoms with Gasteiger partial charge in [-0.25, -0.2) is 0 Å². The number of hydrogen-bond acceptors (Lipinski definition) is 4. The molecule has 1 spiro atoms. The third kappa shape index (κ3) is 4.09. The lowest BCUT2D eigenvalue weighted by atomic mass is 9.82. The minimum atomic E-state index is 0.0968. The molecule has 0 aliphatic carbocycles. The quantitative estimate of drug-likeness (QED) is 0.681. The van der Waals surface area contributed by atoms with E-state index in [9.17, 15) is 4.79 Å². The maximum absolute atomic E-state index is 13.1. The summed E-state index contributed by atoms with van der Waals surface area (Å²) in [4.78, 5) is 20.4. The molecular weight excluding hydrogens is 374 g/mol. The number of amides is 1. The number of benzene rings is 1. The molecule has 3 aliphatic rings. The smallest absolute Gasteiger partial charge is 0.253 e.